The van der Waals surface area contributed by atoms with Crippen molar-refractivity contribution in [2.75, 3.05) is 0 Å². The minimum atomic E-state index is -2.42. The van der Waals surface area contributed by atoms with Gasteiger partial charge in [-0.2, -0.15) is 0 Å². The normalized spacial score (nSPS) is 12.9. The zero-order chi connectivity index (χ0) is 18.0. The maximum atomic E-state index is 12.0. The van der Waals surface area contributed by atoms with E-state index in [1.165, 1.54) is 23.3 Å². The van der Waals surface area contributed by atoms with E-state index in [0.29, 0.717) is 6.42 Å². The van der Waals surface area contributed by atoms with Crippen LogP contribution in [0.2, 0.25) is 0 Å². The number of allylic oxidation sites excluding steroid dienone is 6. The van der Waals surface area contributed by atoms with E-state index in [4.69, 9.17) is 0 Å². The Labute approximate surface area is 141 Å². The van der Waals surface area contributed by atoms with Gasteiger partial charge in [0.15, 0.2) is 0 Å². The number of ketones is 1. The topological polar surface area (TPSA) is 57.5 Å². The molecule has 0 aliphatic heterocycles. The number of hydrogen-bond donors (Lipinski definition) is 2. The van der Waals surface area contributed by atoms with Gasteiger partial charge in [-0.05, 0) is 79.4 Å². The van der Waals surface area contributed by atoms with Crippen molar-refractivity contribution in [2.24, 2.45) is 0 Å². The average Bonchev–Trinajstić information content (AvgIpc) is 2.36. The molecule has 130 valence electrons. The third kappa shape index (κ3) is 10.8. The molecule has 0 atom stereocenters. The summed E-state index contributed by atoms with van der Waals surface area (Å²) in [6, 6.07) is 0. The van der Waals surface area contributed by atoms with Crippen LogP contribution in [0.1, 0.15) is 67.2 Å². The first-order chi connectivity index (χ1) is 10.5. The van der Waals surface area contributed by atoms with Crippen molar-refractivity contribution >= 4 is 5.78 Å². The molecule has 0 aromatic carbocycles. The van der Waals surface area contributed by atoms with E-state index in [0.717, 1.165) is 30.4 Å². The summed E-state index contributed by atoms with van der Waals surface area (Å²) in [4.78, 5) is 12.0. The van der Waals surface area contributed by atoms with E-state index in [9.17, 15) is 15.0 Å². The van der Waals surface area contributed by atoms with Crippen molar-refractivity contribution < 1.29 is 15.0 Å². The summed E-state index contributed by atoms with van der Waals surface area (Å²) in [6.45, 7) is 11.7. The van der Waals surface area contributed by atoms with Crippen molar-refractivity contribution in [1.29, 1.82) is 0 Å². The molecule has 0 unspecified atom stereocenters. The summed E-state index contributed by atoms with van der Waals surface area (Å²) in [5.74, 6) is -3.11. The quantitative estimate of drug-likeness (QED) is 0.370. The molecular weight excluding hydrogens is 288 g/mol. The molecule has 23 heavy (non-hydrogen) atoms. The zero-order valence-electron chi connectivity index (χ0n) is 15.4. The fraction of sp³-hybridized carbons (Fsp3) is 0.550. The fourth-order valence-electron chi connectivity index (χ4n) is 2.07. The van der Waals surface area contributed by atoms with E-state index >= 15 is 0 Å². The van der Waals surface area contributed by atoms with Crippen LogP contribution in [-0.2, 0) is 4.79 Å². The van der Waals surface area contributed by atoms with Crippen LogP contribution in [0.25, 0.3) is 0 Å². The molecule has 3 heteroatoms. The first kappa shape index (κ1) is 21.6. The van der Waals surface area contributed by atoms with E-state index in [1.54, 1.807) is 6.92 Å². The van der Waals surface area contributed by atoms with Crippen LogP contribution >= 0.6 is 0 Å². The van der Waals surface area contributed by atoms with E-state index in [-0.39, 0.29) is 0 Å². The van der Waals surface area contributed by atoms with Gasteiger partial charge in [0.2, 0.25) is 11.6 Å². The molecule has 0 radical (unpaired) electrons. The molecule has 0 aliphatic carbocycles. The maximum absolute atomic E-state index is 12.0. The molecular formula is C20H32O3. The van der Waals surface area contributed by atoms with Crippen molar-refractivity contribution in [2.45, 2.75) is 73.0 Å². The van der Waals surface area contributed by atoms with Crippen molar-refractivity contribution in [3.05, 3.63) is 46.6 Å². The Kier molecular flexibility index (Phi) is 9.70. The van der Waals surface area contributed by atoms with Gasteiger partial charge < -0.3 is 10.2 Å². The molecule has 0 heterocycles. The molecule has 0 aromatic rings. The second kappa shape index (κ2) is 10.3. The van der Waals surface area contributed by atoms with Crippen LogP contribution in [0.4, 0.5) is 0 Å². The summed E-state index contributed by atoms with van der Waals surface area (Å²) >= 11 is 0. The minimum absolute atomic E-state index is 0.686. The average molecular weight is 320 g/mol. The first-order valence-electron chi connectivity index (χ1n) is 8.16. The highest BCUT2D eigenvalue weighted by atomic mass is 16.5. The van der Waals surface area contributed by atoms with Gasteiger partial charge in [-0.15, -0.1) is 0 Å². The molecule has 0 spiro atoms. The van der Waals surface area contributed by atoms with Crippen LogP contribution in [-0.4, -0.2) is 21.8 Å². The fourth-order valence-corrected chi connectivity index (χ4v) is 2.07. The van der Waals surface area contributed by atoms with Gasteiger partial charge in [0, 0.05) is 0 Å². The van der Waals surface area contributed by atoms with Crippen molar-refractivity contribution in [3.63, 3.8) is 0 Å². The number of carbonyl (C=O) groups is 1. The van der Waals surface area contributed by atoms with Gasteiger partial charge in [0.05, 0.1) is 0 Å². The summed E-state index contributed by atoms with van der Waals surface area (Å²) in [5, 5.41) is 20.0. The van der Waals surface area contributed by atoms with Gasteiger partial charge in [0.1, 0.15) is 0 Å². The van der Waals surface area contributed by atoms with Crippen molar-refractivity contribution in [3.8, 4) is 0 Å². The van der Waals surface area contributed by atoms with E-state index < -0.39 is 11.6 Å². The lowest BCUT2D eigenvalue weighted by molar-refractivity contribution is -0.160. The van der Waals surface area contributed by atoms with Gasteiger partial charge in [-0.3, -0.25) is 4.79 Å². The van der Waals surface area contributed by atoms with Crippen LogP contribution in [0.5, 0.6) is 0 Å². The van der Waals surface area contributed by atoms with Crippen LogP contribution in [0.15, 0.2) is 46.6 Å². The number of aliphatic hydroxyl groups is 2. The molecule has 0 aliphatic rings. The lowest BCUT2D eigenvalue weighted by Gasteiger charge is -2.16. The van der Waals surface area contributed by atoms with Crippen LogP contribution < -0.4 is 0 Å². The Bertz CT molecular complexity index is 509. The molecule has 0 aromatic heterocycles. The van der Waals surface area contributed by atoms with Crippen molar-refractivity contribution in [1.82, 2.24) is 0 Å². The Morgan fingerprint density at radius 1 is 0.826 bits per heavy atom. The molecule has 0 bridgehead atoms. The molecule has 0 rings (SSSR count). The highest BCUT2D eigenvalue weighted by Crippen LogP contribution is 2.15. The molecule has 0 saturated heterocycles. The summed E-state index contributed by atoms with van der Waals surface area (Å²) in [7, 11) is 0. The number of carbonyl (C=O) groups excluding carboxylic acids is 1. The predicted octanol–water partition coefficient (Wildman–Crippen LogP) is 4.62. The largest absolute Gasteiger partial charge is 0.356 e. The number of hydrogen-bond acceptors (Lipinski definition) is 3. The summed E-state index contributed by atoms with van der Waals surface area (Å²) in [6.07, 6.45) is 9.86. The highest BCUT2D eigenvalue weighted by molar-refractivity contribution is 5.97. The molecule has 0 amide bonds. The van der Waals surface area contributed by atoms with Gasteiger partial charge in [0.25, 0.3) is 0 Å². The standard InChI is InChI=1S/C20H32O3/c1-15(2)9-7-11-17(5)13-19(21)20(22,23)14-18(6)12-8-10-16(3)4/h9-10,13-14,22-23H,7-8,11-12H2,1-6H3/b17-13+,18-14+. The third-order valence-electron chi connectivity index (χ3n) is 3.37. The maximum Gasteiger partial charge on any atom is 0.248 e. The first-order valence-corrected chi connectivity index (χ1v) is 8.16. The van der Waals surface area contributed by atoms with Gasteiger partial charge in [-0.25, -0.2) is 0 Å². The Morgan fingerprint density at radius 2 is 1.26 bits per heavy atom. The lowest BCUT2D eigenvalue weighted by atomic mass is 10.0. The number of rotatable bonds is 9. The summed E-state index contributed by atoms with van der Waals surface area (Å²) in [5.41, 5.74) is 4.09. The van der Waals surface area contributed by atoms with Crippen LogP contribution in [0, 0.1) is 0 Å². The van der Waals surface area contributed by atoms with Crippen LogP contribution in [0.3, 0.4) is 0 Å². The Hall–Kier alpha value is -1.45. The van der Waals surface area contributed by atoms with E-state index in [1.807, 2.05) is 34.6 Å². The molecule has 2 N–H and O–H groups in total. The second-order valence-corrected chi connectivity index (χ2v) is 6.71. The minimum Gasteiger partial charge on any atom is -0.356 e. The highest BCUT2D eigenvalue weighted by Gasteiger charge is 2.28. The smallest absolute Gasteiger partial charge is 0.248 e. The monoisotopic (exact) mass is 320 g/mol. The molecule has 3 nitrogen and oxygen atoms in total. The lowest BCUT2D eigenvalue weighted by Crippen LogP contribution is -2.35. The predicted molar refractivity (Wildman–Crippen MR) is 97.0 cm³/mol. The zero-order valence-corrected chi connectivity index (χ0v) is 15.4. The Morgan fingerprint density at radius 3 is 1.70 bits per heavy atom. The SMILES string of the molecule is CC(C)=CCC/C(C)=C/C(=O)C(O)(O)/C=C(\C)CCC=C(C)C. The molecule has 0 fully saturated rings. The third-order valence-corrected chi connectivity index (χ3v) is 3.37. The van der Waals surface area contributed by atoms with Gasteiger partial charge >= 0.3 is 0 Å². The molecule has 0 saturated carbocycles. The van der Waals surface area contributed by atoms with E-state index in [2.05, 4.69) is 12.2 Å². The summed E-state index contributed by atoms with van der Waals surface area (Å²) < 4.78 is 0. The van der Waals surface area contributed by atoms with Gasteiger partial charge in [-0.1, -0.05) is 34.4 Å². The Balaban J connectivity index is 4.75. The second-order valence-electron chi connectivity index (χ2n) is 6.71.